The minimum absolute atomic E-state index is 0.107. The van der Waals surface area contributed by atoms with Gasteiger partial charge < -0.3 is 14.2 Å². The Hall–Kier alpha value is -3.03. The maximum absolute atomic E-state index is 5.94. The molecule has 2 aromatic heterocycles. The van der Waals surface area contributed by atoms with Crippen LogP contribution in [0.15, 0.2) is 48.7 Å². The number of aromatic nitrogens is 4. The molecule has 5 rings (SSSR count). The summed E-state index contributed by atoms with van der Waals surface area (Å²) in [5.41, 5.74) is 5.17. The van der Waals surface area contributed by atoms with Crippen molar-refractivity contribution in [3.63, 3.8) is 0 Å². The van der Waals surface area contributed by atoms with Crippen molar-refractivity contribution in [2.75, 3.05) is 26.4 Å². The summed E-state index contributed by atoms with van der Waals surface area (Å²) in [6.07, 6.45) is 6.99. The molecule has 1 fully saturated rings. The molecular weight excluding hydrogens is 392 g/mol. The molecule has 160 valence electrons. The van der Waals surface area contributed by atoms with Crippen LogP contribution in [0.25, 0.3) is 22.6 Å². The van der Waals surface area contributed by atoms with Crippen molar-refractivity contribution >= 4 is 5.57 Å². The molecule has 0 saturated carbocycles. The minimum atomic E-state index is 0.107. The van der Waals surface area contributed by atoms with Crippen LogP contribution in [-0.4, -0.2) is 52.3 Å². The molecule has 1 aromatic carbocycles. The van der Waals surface area contributed by atoms with E-state index in [1.807, 2.05) is 24.4 Å². The van der Waals surface area contributed by atoms with Crippen molar-refractivity contribution in [1.29, 1.82) is 0 Å². The number of hydrogen-bond donors (Lipinski definition) is 0. The molecular formula is C24H26N4O3. The van der Waals surface area contributed by atoms with E-state index < -0.39 is 0 Å². The van der Waals surface area contributed by atoms with Gasteiger partial charge in [-0.15, -0.1) is 0 Å². The van der Waals surface area contributed by atoms with Gasteiger partial charge in [-0.3, -0.25) is 0 Å². The summed E-state index contributed by atoms with van der Waals surface area (Å²) < 4.78 is 18.9. The second kappa shape index (κ2) is 8.99. The summed E-state index contributed by atoms with van der Waals surface area (Å²) >= 11 is 0. The highest BCUT2D eigenvalue weighted by atomic mass is 16.5. The Balaban J connectivity index is 1.46. The fraction of sp³-hybridized carbons (Fsp3) is 0.375. The molecule has 7 heteroatoms. The summed E-state index contributed by atoms with van der Waals surface area (Å²) in [6.45, 7) is 4.62. The smallest absolute Gasteiger partial charge is 0.319 e. The van der Waals surface area contributed by atoms with Gasteiger partial charge in [-0.1, -0.05) is 29.8 Å². The zero-order valence-electron chi connectivity index (χ0n) is 17.7. The number of benzene rings is 1. The molecule has 0 N–H and O–H groups in total. The van der Waals surface area contributed by atoms with Crippen molar-refractivity contribution in [1.82, 2.24) is 19.7 Å². The van der Waals surface area contributed by atoms with Gasteiger partial charge in [-0.25, -0.2) is 4.68 Å². The van der Waals surface area contributed by atoms with Crippen molar-refractivity contribution in [2.45, 2.75) is 32.3 Å². The zero-order valence-corrected chi connectivity index (χ0v) is 17.7. The van der Waals surface area contributed by atoms with Gasteiger partial charge in [0, 0.05) is 24.4 Å². The van der Waals surface area contributed by atoms with Gasteiger partial charge in [0.1, 0.15) is 6.61 Å². The normalized spacial score (nSPS) is 18.7. The summed E-state index contributed by atoms with van der Waals surface area (Å²) in [5.74, 6) is 0.679. The molecule has 0 aliphatic carbocycles. The van der Waals surface area contributed by atoms with E-state index in [4.69, 9.17) is 19.3 Å². The van der Waals surface area contributed by atoms with E-state index in [1.54, 1.807) is 4.68 Å². The number of aryl methyl sites for hydroxylation is 1. The lowest BCUT2D eigenvalue weighted by Crippen LogP contribution is -2.18. The first kappa shape index (κ1) is 19.9. The van der Waals surface area contributed by atoms with Gasteiger partial charge >= 0.3 is 6.01 Å². The maximum Gasteiger partial charge on any atom is 0.319 e. The first-order chi connectivity index (χ1) is 15.2. The molecule has 0 spiro atoms. The van der Waals surface area contributed by atoms with Crippen molar-refractivity contribution < 1.29 is 14.2 Å². The fourth-order valence-electron chi connectivity index (χ4n) is 3.87. The van der Waals surface area contributed by atoms with Crippen molar-refractivity contribution in [2.24, 2.45) is 0 Å². The van der Waals surface area contributed by atoms with Gasteiger partial charge in [0.05, 0.1) is 30.7 Å². The van der Waals surface area contributed by atoms with E-state index in [0.717, 1.165) is 48.4 Å². The van der Waals surface area contributed by atoms with Crippen molar-refractivity contribution in [3.8, 4) is 23.1 Å². The molecule has 3 aromatic rings. The predicted octanol–water partition coefficient (Wildman–Crippen LogP) is 4.00. The van der Waals surface area contributed by atoms with E-state index in [2.05, 4.69) is 41.2 Å². The highest BCUT2D eigenvalue weighted by molar-refractivity contribution is 5.65. The molecule has 2 aliphatic heterocycles. The lowest BCUT2D eigenvalue weighted by molar-refractivity contribution is 0.0644. The van der Waals surface area contributed by atoms with Crippen LogP contribution in [0.1, 0.15) is 30.5 Å². The van der Waals surface area contributed by atoms with Crippen LogP contribution >= 0.6 is 0 Å². The number of ether oxygens (including phenoxy) is 3. The Morgan fingerprint density at radius 1 is 1.13 bits per heavy atom. The maximum atomic E-state index is 5.94. The summed E-state index contributed by atoms with van der Waals surface area (Å²) in [6, 6.07) is 12.6. The second-order valence-corrected chi connectivity index (χ2v) is 7.91. The lowest BCUT2D eigenvalue weighted by atomic mass is 10.1. The molecule has 1 atom stereocenters. The Morgan fingerprint density at radius 2 is 2.10 bits per heavy atom. The zero-order chi connectivity index (χ0) is 21.0. The van der Waals surface area contributed by atoms with Crippen LogP contribution in [0.5, 0.6) is 6.01 Å². The Kier molecular flexibility index (Phi) is 5.78. The molecule has 4 heterocycles. The monoisotopic (exact) mass is 418 g/mol. The van der Waals surface area contributed by atoms with Gasteiger partial charge in [-0.2, -0.15) is 15.1 Å². The first-order valence-electron chi connectivity index (χ1n) is 10.8. The molecule has 1 saturated heterocycles. The van der Waals surface area contributed by atoms with Crippen LogP contribution in [0.2, 0.25) is 0 Å². The summed E-state index contributed by atoms with van der Waals surface area (Å²) in [4.78, 5) is 9.30. The number of nitrogens with zero attached hydrogens (tertiary/aromatic N) is 4. The van der Waals surface area contributed by atoms with Gasteiger partial charge in [0.25, 0.3) is 0 Å². The van der Waals surface area contributed by atoms with Crippen LogP contribution in [0, 0.1) is 6.92 Å². The van der Waals surface area contributed by atoms with Gasteiger partial charge in [0.15, 0.2) is 5.82 Å². The standard InChI is InChI=1S/C24H26N4O3/c1-17-4-2-5-19(14-17)21-7-10-28(27-21)23-15-22(18-8-12-29-13-9-18)25-24(26-23)31-16-20-6-3-11-30-20/h2,4-5,7-8,10,14-15,20H,3,6,9,11-13,16H2,1H3. The minimum Gasteiger partial charge on any atom is -0.461 e. The largest absolute Gasteiger partial charge is 0.461 e. The van der Waals surface area contributed by atoms with E-state index in [1.165, 1.54) is 5.56 Å². The topological polar surface area (TPSA) is 71.3 Å². The van der Waals surface area contributed by atoms with Crippen LogP contribution in [0.3, 0.4) is 0 Å². The Morgan fingerprint density at radius 3 is 2.90 bits per heavy atom. The molecule has 0 amide bonds. The highest BCUT2D eigenvalue weighted by Crippen LogP contribution is 2.25. The average Bonchev–Trinajstić information content (AvgIpc) is 3.51. The summed E-state index contributed by atoms with van der Waals surface area (Å²) in [7, 11) is 0. The van der Waals surface area contributed by atoms with E-state index in [9.17, 15) is 0 Å². The first-order valence-corrected chi connectivity index (χ1v) is 10.8. The second-order valence-electron chi connectivity index (χ2n) is 7.91. The third-order valence-electron chi connectivity index (χ3n) is 5.54. The van der Waals surface area contributed by atoms with Crippen LogP contribution in [0.4, 0.5) is 0 Å². The average molecular weight is 418 g/mol. The molecule has 1 unspecified atom stereocenters. The molecule has 2 aliphatic rings. The van der Waals surface area contributed by atoms with Gasteiger partial charge in [0.2, 0.25) is 0 Å². The highest BCUT2D eigenvalue weighted by Gasteiger charge is 2.19. The van der Waals surface area contributed by atoms with E-state index in [-0.39, 0.29) is 6.10 Å². The van der Waals surface area contributed by atoms with Gasteiger partial charge in [-0.05, 0) is 43.9 Å². The number of rotatable bonds is 6. The fourth-order valence-corrected chi connectivity index (χ4v) is 3.87. The number of hydrogen-bond acceptors (Lipinski definition) is 6. The summed E-state index contributed by atoms with van der Waals surface area (Å²) in [5, 5.41) is 4.76. The third kappa shape index (κ3) is 4.68. The molecule has 0 radical (unpaired) electrons. The molecule has 7 nitrogen and oxygen atoms in total. The predicted molar refractivity (Wildman–Crippen MR) is 117 cm³/mol. The Bertz CT molecular complexity index is 1090. The van der Waals surface area contributed by atoms with E-state index >= 15 is 0 Å². The molecule has 31 heavy (non-hydrogen) atoms. The SMILES string of the molecule is Cc1cccc(-c2ccn(-c3cc(C4=CCOCC4)nc(OCC4CCCO4)n3)n2)c1. The van der Waals surface area contributed by atoms with Crippen LogP contribution in [-0.2, 0) is 9.47 Å². The van der Waals surface area contributed by atoms with E-state index in [0.29, 0.717) is 31.6 Å². The van der Waals surface area contributed by atoms with Crippen molar-refractivity contribution in [3.05, 3.63) is 59.9 Å². The lowest BCUT2D eigenvalue weighted by Gasteiger charge is -2.16. The quantitative estimate of drug-likeness (QED) is 0.603. The third-order valence-corrected chi connectivity index (χ3v) is 5.54. The Labute approximate surface area is 181 Å². The van der Waals surface area contributed by atoms with Crippen LogP contribution < -0.4 is 4.74 Å². The molecule has 0 bridgehead atoms.